The third kappa shape index (κ3) is 5.16. The Labute approximate surface area is 138 Å². The first kappa shape index (κ1) is 17.1. The summed E-state index contributed by atoms with van der Waals surface area (Å²) in [6.07, 6.45) is 4.72. The number of unbranched alkanes of at least 4 members (excludes halogenated alkanes) is 1. The molecule has 0 saturated carbocycles. The van der Waals surface area contributed by atoms with E-state index in [1.807, 2.05) is 36.4 Å². The third-order valence-electron chi connectivity index (χ3n) is 3.90. The van der Waals surface area contributed by atoms with Gasteiger partial charge < -0.3 is 14.6 Å². The molecule has 0 aliphatic carbocycles. The van der Waals surface area contributed by atoms with Crippen molar-refractivity contribution >= 4 is 11.6 Å². The number of furan rings is 1. The van der Waals surface area contributed by atoms with Gasteiger partial charge in [-0.25, -0.2) is 0 Å². The van der Waals surface area contributed by atoms with Crippen LogP contribution in [0.4, 0.5) is 5.69 Å². The van der Waals surface area contributed by atoms with Gasteiger partial charge in [-0.2, -0.15) is 0 Å². The van der Waals surface area contributed by atoms with Crippen molar-refractivity contribution in [2.24, 2.45) is 0 Å². The van der Waals surface area contributed by atoms with Gasteiger partial charge in [-0.15, -0.1) is 0 Å². The molecule has 4 heteroatoms. The van der Waals surface area contributed by atoms with Crippen LogP contribution in [0, 0.1) is 0 Å². The molecule has 0 bridgehead atoms. The highest BCUT2D eigenvalue weighted by molar-refractivity contribution is 5.94. The summed E-state index contributed by atoms with van der Waals surface area (Å²) in [4.78, 5) is 14.5. The van der Waals surface area contributed by atoms with Crippen LogP contribution in [-0.4, -0.2) is 25.5 Å². The highest BCUT2D eigenvalue weighted by atomic mass is 16.3. The summed E-state index contributed by atoms with van der Waals surface area (Å²) in [6, 6.07) is 11.6. The van der Waals surface area contributed by atoms with E-state index < -0.39 is 0 Å². The lowest BCUT2D eigenvalue weighted by atomic mass is 10.1. The zero-order valence-electron chi connectivity index (χ0n) is 14.0. The van der Waals surface area contributed by atoms with Crippen molar-refractivity contribution in [3.05, 3.63) is 54.0 Å². The van der Waals surface area contributed by atoms with Crippen molar-refractivity contribution in [1.29, 1.82) is 0 Å². The van der Waals surface area contributed by atoms with Crippen LogP contribution < -0.4 is 10.2 Å². The summed E-state index contributed by atoms with van der Waals surface area (Å²) in [6.45, 7) is 6.97. The van der Waals surface area contributed by atoms with Crippen LogP contribution in [0.5, 0.6) is 0 Å². The van der Waals surface area contributed by atoms with Gasteiger partial charge in [0, 0.05) is 37.3 Å². The Kier molecular flexibility index (Phi) is 6.73. The summed E-state index contributed by atoms with van der Waals surface area (Å²) in [5, 5.41) is 2.92. The molecule has 4 nitrogen and oxygen atoms in total. The molecule has 0 saturated heterocycles. The maximum absolute atomic E-state index is 12.1. The molecule has 0 aliphatic heterocycles. The first-order valence-electron chi connectivity index (χ1n) is 8.40. The lowest BCUT2D eigenvalue weighted by Crippen LogP contribution is -2.26. The summed E-state index contributed by atoms with van der Waals surface area (Å²) in [7, 11) is 0. The molecule has 1 aromatic heterocycles. The first-order valence-corrected chi connectivity index (χ1v) is 8.40. The molecule has 0 spiro atoms. The van der Waals surface area contributed by atoms with Crippen LogP contribution in [0.25, 0.3) is 0 Å². The number of amides is 1. The topological polar surface area (TPSA) is 45.5 Å². The number of nitrogens with one attached hydrogen (secondary N) is 1. The van der Waals surface area contributed by atoms with Gasteiger partial charge in [0.05, 0.1) is 6.26 Å². The zero-order valence-corrected chi connectivity index (χ0v) is 14.0. The van der Waals surface area contributed by atoms with Gasteiger partial charge in [0.2, 0.25) is 0 Å². The Morgan fingerprint density at radius 2 is 1.96 bits per heavy atom. The molecule has 1 N–H and O–H groups in total. The standard InChI is InChI=1S/C19H26N2O2/c1-3-5-14-21(4-2)17-10-8-16(9-11-17)19(22)20-13-12-18-7-6-15-23-18/h6-11,15H,3-5,12-14H2,1-2H3,(H,20,22). The van der Waals surface area contributed by atoms with E-state index in [2.05, 4.69) is 24.1 Å². The van der Waals surface area contributed by atoms with Crippen molar-refractivity contribution < 1.29 is 9.21 Å². The highest BCUT2D eigenvalue weighted by Crippen LogP contribution is 2.16. The van der Waals surface area contributed by atoms with Crippen molar-refractivity contribution in [2.75, 3.05) is 24.5 Å². The van der Waals surface area contributed by atoms with Crippen molar-refractivity contribution in [3.8, 4) is 0 Å². The van der Waals surface area contributed by atoms with Gasteiger partial charge in [-0.3, -0.25) is 4.79 Å². The van der Waals surface area contributed by atoms with E-state index in [9.17, 15) is 4.79 Å². The van der Waals surface area contributed by atoms with E-state index in [-0.39, 0.29) is 5.91 Å². The molecule has 0 fully saturated rings. The minimum absolute atomic E-state index is 0.0419. The molecule has 0 atom stereocenters. The lowest BCUT2D eigenvalue weighted by Gasteiger charge is -2.23. The number of carbonyl (C=O) groups excluding carboxylic acids is 1. The molecule has 2 aromatic rings. The molecule has 124 valence electrons. The average Bonchev–Trinajstić information content (AvgIpc) is 3.09. The molecule has 0 aliphatic rings. The number of hydrogen-bond donors (Lipinski definition) is 1. The van der Waals surface area contributed by atoms with Gasteiger partial charge in [0.1, 0.15) is 5.76 Å². The van der Waals surface area contributed by atoms with Crippen molar-refractivity contribution in [1.82, 2.24) is 5.32 Å². The molecule has 23 heavy (non-hydrogen) atoms. The minimum atomic E-state index is -0.0419. The lowest BCUT2D eigenvalue weighted by molar-refractivity contribution is 0.0953. The highest BCUT2D eigenvalue weighted by Gasteiger charge is 2.08. The molecule has 1 amide bonds. The molecule has 0 unspecified atom stereocenters. The maximum atomic E-state index is 12.1. The summed E-state index contributed by atoms with van der Waals surface area (Å²) >= 11 is 0. The monoisotopic (exact) mass is 314 g/mol. The Hall–Kier alpha value is -2.23. The second-order valence-corrected chi connectivity index (χ2v) is 5.57. The third-order valence-corrected chi connectivity index (χ3v) is 3.90. The summed E-state index contributed by atoms with van der Waals surface area (Å²) < 4.78 is 5.25. The second-order valence-electron chi connectivity index (χ2n) is 5.57. The SMILES string of the molecule is CCCCN(CC)c1ccc(C(=O)NCCc2ccco2)cc1. The molecule has 1 heterocycles. The van der Waals surface area contributed by atoms with Crippen LogP contribution >= 0.6 is 0 Å². The second kappa shape index (κ2) is 9.03. The van der Waals surface area contributed by atoms with Crippen LogP contribution in [0.3, 0.4) is 0 Å². The number of nitrogens with zero attached hydrogens (tertiary/aromatic N) is 1. The fourth-order valence-electron chi connectivity index (χ4n) is 2.50. The quantitative estimate of drug-likeness (QED) is 0.764. The van der Waals surface area contributed by atoms with Crippen LogP contribution in [0.15, 0.2) is 47.1 Å². The van der Waals surface area contributed by atoms with Gasteiger partial charge in [0.15, 0.2) is 0 Å². The molecule has 1 aromatic carbocycles. The van der Waals surface area contributed by atoms with E-state index in [4.69, 9.17) is 4.42 Å². The molecular weight excluding hydrogens is 288 g/mol. The van der Waals surface area contributed by atoms with E-state index in [1.165, 1.54) is 18.5 Å². The van der Waals surface area contributed by atoms with Gasteiger partial charge in [-0.05, 0) is 49.7 Å². The fraction of sp³-hybridized carbons (Fsp3) is 0.421. The Balaban J connectivity index is 1.86. The van der Waals surface area contributed by atoms with Crippen LogP contribution in [0.2, 0.25) is 0 Å². The smallest absolute Gasteiger partial charge is 0.251 e. The Morgan fingerprint density at radius 1 is 1.17 bits per heavy atom. The molecular formula is C19H26N2O2. The van der Waals surface area contributed by atoms with Crippen LogP contribution in [-0.2, 0) is 6.42 Å². The summed E-state index contributed by atoms with van der Waals surface area (Å²) in [5.74, 6) is 0.842. The van der Waals surface area contributed by atoms with Crippen molar-refractivity contribution in [3.63, 3.8) is 0 Å². The van der Waals surface area contributed by atoms with Gasteiger partial charge >= 0.3 is 0 Å². The van der Waals surface area contributed by atoms with E-state index >= 15 is 0 Å². The van der Waals surface area contributed by atoms with E-state index in [1.54, 1.807) is 6.26 Å². The average molecular weight is 314 g/mol. The fourth-order valence-corrected chi connectivity index (χ4v) is 2.50. The number of benzene rings is 1. The van der Waals surface area contributed by atoms with Gasteiger partial charge in [-0.1, -0.05) is 13.3 Å². The predicted molar refractivity (Wildman–Crippen MR) is 94.0 cm³/mol. The van der Waals surface area contributed by atoms with E-state index in [0.717, 1.165) is 18.8 Å². The Bertz CT molecular complexity index is 576. The van der Waals surface area contributed by atoms with Gasteiger partial charge in [0.25, 0.3) is 5.91 Å². The van der Waals surface area contributed by atoms with E-state index in [0.29, 0.717) is 18.5 Å². The number of rotatable bonds is 9. The maximum Gasteiger partial charge on any atom is 0.251 e. The van der Waals surface area contributed by atoms with Crippen LogP contribution in [0.1, 0.15) is 42.8 Å². The Morgan fingerprint density at radius 3 is 2.57 bits per heavy atom. The van der Waals surface area contributed by atoms with Crippen molar-refractivity contribution in [2.45, 2.75) is 33.1 Å². The zero-order chi connectivity index (χ0) is 16.5. The number of hydrogen-bond acceptors (Lipinski definition) is 3. The minimum Gasteiger partial charge on any atom is -0.469 e. The predicted octanol–water partition coefficient (Wildman–Crippen LogP) is 3.88. The molecule has 0 radical (unpaired) electrons. The molecule has 2 rings (SSSR count). The number of anilines is 1. The summed E-state index contributed by atoms with van der Waals surface area (Å²) in [5.41, 5.74) is 1.87. The first-order chi connectivity index (χ1) is 11.2. The largest absolute Gasteiger partial charge is 0.469 e. The normalized spacial score (nSPS) is 10.5. The number of carbonyl (C=O) groups is 1.